The highest BCUT2D eigenvalue weighted by Crippen LogP contribution is 2.29. The van der Waals surface area contributed by atoms with Crippen LogP contribution in [-0.2, 0) is 21.2 Å². The van der Waals surface area contributed by atoms with Crippen molar-refractivity contribution in [1.29, 1.82) is 0 Å². The van der Waals surface area contributed by atoms with Crippen molar-refractivity contribution in [3.63, 3.8) is 0 Å². The second-order valence-corrected chi connectivity index (χ2v) is 8.53. The third kappa shape index (κ3) is 4.79. The molecule has 0 bridgehead atoms. The molecule has 2 aromatic rings. The first kappa shape index (κ1) is 20.8. The number of aromatic nitrogens is 2. The van der Waals surface area contributed by atoms with Gasteiger partial charge in [0.2, 0.25) is 16.0 Å². The Bertz CT molecular complexity index is 944. The molecule has 0 unspecified atom stereocenters. The molecule has 0 amide bonds. The van der Waals surface area contributed by atoms with Crippen LogP contribution in [0.1, 0.15) is 29.9 Å². The Kier molecular flexibility index (Phi) is 6.15. The van der Waals surface area contributed by atoms with Gasteiger partial charge < -0.3 is 4.74 Å². The summed E-state index contributed by atoms with van der Waals surface area (Å²) in [5.74, 6) is -1.01. The van der Waals surface area contributed by atoms with Gasteiger partial charge in [0.25, 0.3) is 0 Å². The van der Waals surface area contributed by atoms with E-state index in [9.17, 15) is 17.6 Å². The highest BCUT2D eigenvalue weighted by molar-refractivity contribution is 7.92. The van der Waals surface area contributed by atoms with E-state index in [0.717, 1.165) is 10.6 Å². The molecule has 0 radical (unpaired) electrons. The fourth-order valence-corrected chi connectivity index (χ4v) is 2.83. The van der Waals surface area contributed by atoms with Crippen LogP contribution in [0.2, 0.25) is 0 Å². The van der Waals surface area contributed by atoms with Crippen molar-refractivity contribution in [3.05, 3.63) is 41.3 Å². The highest BCUT2D eigenvalue weighted by atomic mass is 32.2. The first-order chi connectivity index (χ1) is 12.5. The number of sulfonamides is 1. The summed E-state index contributed by atoms with van der Waals surface area (Å²) < 4.78 is 43.0. The van der Waals surface area contributed by atoms with Crippen LogP contribution in [0.4, 0.5) is 10.3 Å². The van der Waals surface area contributed by atoms with Gasteiger partial charge in [-0.05, 0) is 36.6 Å². The van der Waals surface area contributed by atoms with E-state index in [1.165, 1.54) is 38.4 Å². The maximum absolute atomic E-state index is 13.3. The van der Waals surface area contributed by atoms with Gasteiger partial charge in [-0.15, -0.1) is 0 Å². The molecular weight excluding hydrogens is 373 g/mol. The Balaban J connectivity index is 2.83. The maximum atomic E-state index is 13.3. The van der Waals surface area contributed by atoms with E-state index in [-0.39, 0.29) is 23.1 Å². The molecule has 0 fully saturated rings. The quantitative estimate of drug-likeness (QED) is 0.699. The Morgan fingerprint density at radius 1 is 1.22 bits per heavy atom. The molecule has 1 aromatic heterocycles. The van der Waals surface area contributed by atoms with Crippen molar-refractivity contribution in [1.82, 2.24) is 9.97 Å². The van der Waals surface area contributed by atoms with Crippen molar-refractivity contribution in [2.45, 2.75) is 20.3 Å². The summed E-state index contributed by atoms with van der Waals surface area (Å²) in [4.78, 5) is 21.0. The first-order valence-corrected chi connectivity index (χ1v) is 10.1. The molecule has 0 atom stereocenters. The lowest BCUT2D eigenvalue weighted by Gasteiger charge is -2.20. The van der Waals surface area contributed by atoms with Gasteiger partial charge in [-0.3, -0.25) is 0 Å². The Labute approximate surface area is 158 Å². The van der Waals surface area contributed by atoms with Gasteiger partial charge >= 0.3 is 5.97 Å². The van der Waals surface area contributed by atoms with Gasteiger partial charge in [0.1, 0.15) is 11.4 Å². The monoisotopic (exact) mass is 395 g/mol. The van der Waals surface area contributed by atoms with Gasteiger partial charge in [0, 0.05) is 12.6 Å². The molecule has 0 aliphatic heterocycles. The van der Waals surface area contributed by atoms with E-state index < -0.39 is 21.8 Å². The number of halogens is 1. The van der Waals surface area contributed by atoms with Gasteiger partial charge in [0.15, 0.2) is 0 Å². The molecule has 9 heteroatoms. The molecule has 1 heterocycles. The lowest BCUT2D eigenvalue weighted by atomic mass is 9.99. The Morgan fingerprint density at radius 3 is 2.30 bits per heavy atom. The fourth-order valence-electron chi connectivity index (χ4n) is 2.45. The number of esters is 1. The molecule has 0 aliphatic carbocycles. The predicted molar refractivity (Wildman–Crippen MR) is 101 cm³/mol. The molecule has 27 heavy (non-hydrogen) atoms. The number of benzene rings is 1. The molecule has 0 saturated carbocycles. The molecule has 1 aromatic carbocycles. The van der Waals surface area contributed by atoms with Gasteiger partial charge in [-0.25, -0.2) is 31.9 Å². The number of carbonyl (C=O) groups is 1. The van der Waals surface area contributed by atoms with Crippen LogP contribution in [-0.4, -0.2) is 44.8 Å². The minimum atomic E-state index is -3.61. The summed E-state index contributed by atoms with van der Waals surface area (Å²) in [6.07, 6.45) is 1.44. The number of anilines is 1. The summed E-state index contributed by atoms with van der Waals surface area (Å²) in [5.41, 5.74) is 1.16. The minimum absolute atomic E-state index is 0.0693. The zero-order valence-corrected chi connectivity index (χ0v) is 16.7. The van der Waals surface area contributed by atoms with Crippen LogP contribution >= 0.6 is 0 Å². The number of ether oxygens (including phenoxy) is 1. The third-order valence-corrected chi connectivity index (χ3v) is 5.02. The zero-order valence-electron chi connectivity index (χ0n) is 15.9. The van der Waals surface area contributed by atoms with Gasteiger partial charge in [-0.2, -0.15) is 0 Å². The Morgan fingerprint density at radius 2 is 1.81 bits per heavy atom. The standard InChI is InChI=1S/C18H22FN3O4S/c1-11(2)10-14-15(17(23)26-4)16(12-6-8-13(19)9-7-12)21-18(20-14)22(3)27(5,24)25/h6-9,11H,10H2,1-5H3. The first-order valence-electron chi connectivity index (χ1n) is 8.23. The van der Waals surface area contributed by atoms with Crippen LogP contribution in [0.15, 0.2) is 24.3 Å². The average Bonchev–Trinajstić information content (AvgIpc) is 2.59. The molecule has 146 valence electrons. The van der Waals surface area contributed by atoms with E-state index in [1.54, 1.807) is 0 Å². The number of rotatable bonds is 6. The molecule has 0 spiro atoms. The largest absolute Gasteiger partial charge is 0.465 e. The predicted octanol–water partition coefficient (Wildman–Crippen LogP) is 2.66. The van der Waals surface area contributed by atoms with Crippen LogP contribution in [0.3, 0.4) is 0 Å². The number of carbonyl (C=O) groups excluding carboxylic acids is 1. The smallest absolute Gasteiger partial charge is 0.341 e. The van der Waals surface area contributed by atoms with Gasteiger partial charge in [0.05, 0.1) is 24.8 Å². The summed E-state index contributed by atoms with van der Waals surface area (Å²) in [7, 11) is -1.04. The second kappa shape index (κ2) is 7.99. The van der Waals surface area contributed by atoms with Crippen LogP contribution in [0, 0.1) is 11.7 Å². The maximum Gasteiger partial charge on any atom is 0.341 e. The lowest BCUT2D eigenvalue weighted by molar-refractivity contribution is 0.0599. The summed E-state index contributed by atoms with van der Waals surface area (Å²) in [6, 6.07) is 5.40. The topological polar surface area (TPSA) is 89.5 Å². The number of hydrogen-bond acceptors (Lipinski definition) is 6. The Hall–Kier alpha value is -2.55. The van der Waals surface area contributed by atoms with Crippen molar-refractivity contribution < 1.29 is 22.3 Å². The van der Waals surface area contributed by atoms with E-state index in [4.69, 9.17) is 4.74 Å². The van der Waals surface area contributed by atoms with E-state index in [0.29, 0.717) is 17.7 Å². The van der Waals surface area contributed by atoms with Crippen LogP contribution in [0.5, 0.6) is 0 Å². The third-order valence-electron chi connectivity index (χ3n) is 3.86. The fraction of sp³-hybridized carbons (Fsp3) is 0.389. The van der Waals surface area contributed by atoms with Gasteiger partial charge in [-0.1, -0.05) is 13.8 Å². The molecule has 0 saturated heterocycles. The van der Waals surface area contributed by atoms with E-state index >= 15 is 0 Å². The summed E-state index contributed by atoms with van der Waals surface area (Å²) in [6.45, 7) is 3.89. The number of methoxy groups -OCH3 is 1. The number of hydrogen-bond donors (Lipinski definition) is 0. The zero-order chi connectivity index (χ0) is 20.4. The van der Waals surface area contributed by atoms with Crippen LogP contribution in [0.25, 0.3) is 11.3 Å². The number of nitrogens with zero attached hydrogens (tertiary/aromatic N) is 3. The molecule has 2 rings (SSSR count). The van der Waals surface area contributed by atoms with Crippen molar-refractivity contribution in [2.24, 2.45) is 5.92 Å². The van der Waals surface area contributed by atoms with Crippen molar-refractivity contribution in [3.8, 4) is 11.3 Å². The molecule has 0 aliphatic rings. The van der Waals surface area contributed by atoms with Crippen LogP contribution < -0.4 is 4.31 Å². The second-order valence-electron chi connectivity index (χ2n) is 6.52. The van der Waals surface area contributed by atoms with Crippen molar-refractivity contribution in [2.75, 3.05) is 24.7 Å². The van der Waals surface area contributed by atoms with E-state index in [1.807, 2.05) is 13.8 Å². The summed E-state index contributed by atoms with van der Waals surface area (Å²) in [5, 5.41) is 0. The summed E-state index contributed by atoms with van der Waals surface area (Å²) >= 11 is 0. The molecule has 0 N–H and O–H groups in total. The lowest BCUT2D eigenvalue weighted by Crippen LogP contribution is -2.28. The molecular formula is C18H22FN3O4S. The normalized spacial score (nSPS) is 11.5. The SMILES string of the molecule is COC(=O)c1c(CC(C)C)nc(N(C)S(C)(=O)=O)nc1-c1ccc(F)cc1. The van der Waals surface area contributed by atoms with E-state index in [2.05, 4.69) is 9.97 Å². The van der Waals surface area contributed by atoms with Crippen molar-refractivity contribution >= 4 is 21.9 Å². The highest BCUT2D eigenvalue weighted by Gasteiger charge is 2.26. The average molecular weight is 395 g/mol. The minimum Gasteiger partial charge on any atom is -0.465 e. The molecule has 7 nitrogen and oxygen atoms in total.